The number of hydrogen-bond acceptors (Lipinski definition) is 4. The molecule has 1 amide bonds. The number of amides is 1. The molecule has 0 saturated carbocycles. The monoisotopic (exact) mass is 375 g/mol. The molecule has 2 atom stereocenters. The number of sulfone groups is 1. The highest BCUT2D eigenvalue weighted by Crippen LogP contribution is 2.19. The first-order valence-corrected chi connectivity index (χ1v) is 10.3. The van der Waals surface area contributed by atoms with Crippen molar-refractivity contribution in [3.8, 4) is 5.75 Å². The Labute approximate surface area is 155 Å². The molecule has 0 spiro atoms. The molecule has 2 aromatic rings. The molecule has 1 N–H and O–H groups in total. The zero-order chi connectivity index (χ0) is 19.5. The lowest BCUT2D eigenvalue weighted by molar-refractivity contribution is -0.127. The summed E-state index contributed by atoms with van der Waals surface area (Å²) in [6.45, 7) is 7.56. The van der Waals surface area contributed by atoms with Crippen molar-refractivity contribution in [2.75, 3.05) is 6.26 Å². The Hall–Kier alpha value is -2.34. The highest BCUT2D eigenvalue weighted by atomic mass is 32.2. The van der Waals surface area contributed by atoms with Crippen molar-refractivity contribution in [3.05, 3.63) is 59.2 Å². The summed E-state index contributed by atoms with van der Waals surface area (Å²) in [5.74, 6) is 0.420. The molecule has 0 aliphatic heterocycles. The molecule has 5 nitrogen and oxygen atoms in total. The van der Waals surface area contributed by atoms with E-state index in [1.54, 1.807) is 31.2 Å². The summed E-state index contributed by atoms with van der Waals surface area (Å²) >= 11 is 0. The number of carbonyl (C=O) groups excluding carboxylic acids is 1. The van der Waals surface area contributed by atoms with Gasteiger partial charge in [0, 0.05) is 6.26 Å². The zero-order valence-electron chi connectivity index (χ0n) is 15.7. The predicted octanol–water partition coefficient (Wildman–Crippen LogP) is 3.35. The summed E-state index contributed by atoms with van der Waals surface area (Å²) in [5, 5.41) is 2.89. The molecule has 26 heavy (non-hydrogen) atoms. The molecule has 0 aromatic heterocycles. The predicted molar refractivity (Wildman–Crippen MR) is 102 cm³/mol. The van der Waals surface area contributed by atoms with Gasteiger partial charge in [0.05, 0.1) is 10.9 Å². The standard InChI is InChI=1S/C20H25NO4S/c1-13-6-9-18(12-14(13)2)25-16(4)20(22)21-15(3)17-7-10-19(11-8-17)26(5,23)24/h6-12,15-16H,1-5H3,(H,21,22). The summed E-state index contributed by atoms with van der Waals surface area (Å²) in [6.07, 6.45) is 0.522. The van der Waals surface area contributed by atoms with Crippen molar-refractivity contribution in [1.29, 1.82) is 0 Å². The molecule has 0 saturated heterocycles. The number of nitrogens with one attached hydrogen (secondary N) is 1. The molecule has 0 bridgehead atoms. The number of aryl methyl sites for hydroxylation is 2. The van der Waals surface area contributed by atoms with Gasteiger partial charge in [-0.15, -0.1) is 0 Å². The Morgan fingerprint density at radius 1 is 1.00 bits per heavy atom. The van der Waals surface area contributed by atoms with Crippen LogP contribution in [0.25, 0.3) is 0 Å². The molecule has 2 unspecified atom stereocenters. The van der Waals surface area contributed by atoms with E-state index >= 15 is 0 Å². The summed E-state index contributed by atoms with van der Waals surface area (Å²) in [4.78, 5) is 12.6. The van der Waals surface area contributed by atoms with Gasteiger partial charge in [-0.05, 0) is 68.7 Å². The fourth-order valence-corrected chi connectivity index (χ4v) is 3.09. The molecule has 6 heteroatoms. The van der Waals surface area contributed by atoms with Crippen LogP contribution < -0.4 is 10.1 Å². The van der Waals surface area contributed by atoms with Crippen LogP contribution in [0.15, 0.2) is 47.4 Å². The summed E-state index contributed by atoms with van der Waals surface area (Å²) in [5.41, 5.74) is 3.10. The molecule has 0 heterocycles. The molecule has 0 fully saturated rings. The Kier molecular flexibility index (Phi) is 6.08. The molecule has 140 valence electrons. The lowest BCUT2D eigenvalue weighted by Gasteiger charge is -2.19. The fraction of sp³-hybridized carbons (Fsp3) is 0.350. The van der Waals surface area contributed by atoms with Gasteiger partial charge in [-0.3, -0.25) is 4.79 Å². The van der Waals surface area contributed by atoms with Crippen LogP contribution in [0.2, 0.25) is 0 Å². The number of hydrogen-bond donors (Lipinski definition) is 1. The average Bonchev–Trinajstić information content (AvgIpc) is 2.57. The minimum Gasteiger partial charge on any atom is -0.481 e. The van der Waals surface area contributed by atoms with Crippen LogP contribution in [0, 0.1) is 13.8 Å². The number of rotatable bonds is 6. The minimum absolute atomic E-state index is 0.233. The summed E-state index contributed by atoms with van der Waals surface area (Å²) < 4.78 is 28.7. The van der Waals surface area contributed by atoms with E-state index in [-0.39, 0.29) is 16.8 Å². The van der Waals surface area contributed by atoms with Gasteiger partial charge in [0.2, 0.25) is 0 Å². The SMILES string of the molecule is Cc1ccc(OC(C)C(=O)NC(C)c2ccc(S(C)(=O)=O)cc2)cc1C. The van der Waals surface area contributed by atoms with Crippen LogP contribution in [-0.4, -0.2) is 26.7 Å². The van der Waals surface area contributed by atoms with Crippen LogP contribution in [0.4, 0.5) is 0 Å². The smallest absolute Gasteiger partial charge is 0.261 e. The lowest BCUT2D eigenvalue weighted by Crippen LogP contribution is -2.37. The van der Waals surface area contributed by atoms with Crippen LogP contribution in [-0.2, 0) is 14.6 Å². The second-order valence-electron chi connectivity index (χ2n) is 6.58. The van der Waals surface area contributed by atoms with Crippen molar-refractivity contribution in [3.63, 3.8) is 0 Å². The second kappa shape index (κ2) is 7.91. The molecule has 0 radical (unpaired) electrons. The van der Waals surface area contributed by atoms with Gasteiger partial charge < -0.3 is 10.1 Å². The van der Waals surface area contributed by atoms with Crippen molar-refractivity contribution >= 4 is 15.7 Å². The van der Waals surface area contributed by atoms with Crippen molar-refractivity contribution < 1.29 is 17.9 Å². The quantitative estimate of drug-likeness (QED) is 0.840. The van der Waals surface area contributed by atoms with Crippen LogP contribution >= 0.6 is 0 Å². The molecule has 2 aromatic carbocycles. The van der Waals surface area contributed by atoms with E-state index in [2.05, 4.69) is 5.32 Å². The Morgan fingerprint density at radius 3 is 2.15 bits per heavy atom. The van der Waals surface area contributed by atoms with Gasteiger partial charge in [-0.2, -0.15) is 0 Å². The van der Waals surface area contributed by atoms with Gasteiger partial charge in [0.15, 0.2) is 15.9 Å². The number of benzene rings is 2. The highest BCUT2D eigenvalue weighted by molar-refractivity contribution is 7.90. The maximum Gasteiger partial charge on any atom is 0.261 e. The largest absolute Gasteiger partial charge is 0.481 e. The van der Waals surface area contributed by atoms with Crippen LogP contribution in [0.5, 0.6) is 5.75 Å². The lowest BCUT2D eigenvalue weighted by atomic mass is 10.1. The Bertz CT molecular complexity index is 889. The van der Waals surface area contributed by atoms with Crippen molar-refractivity contribution in [2.45, 2.75) is 44.7 Å². The van der Waals surface area contributed by atoms with Gasteiger partial charge in [-0.1, -0.05) is 18.2 Å². The first kappa shape index (κ1) is 20.0. The molecule has 0 aliphatic rings. The van der Waals surface area contributed by atoms with E-state index in [0.717, 1.165) is 11.1 Å². The van der Waals surface area contributed by atoms with Crippen LogP contribution in [0.3, 0.4) is 0 Å². The van der Waals surface area contributed by atoms with E-state index in [1.807, 2.05) is 39.0 Å². The van der Waals surface area contributed by atoms with Gasteiger partial charge in [0.1, 0.15) is 5.75 Å². The van der Waals surface area contributed by atoms with Gasteiger partial charge in [0.25, 0.3) is 5.91 Å². The molecular formula is C20H25NO4S. The van der Waals surface area contributed by atoms with E-state index in [1.165, 1.54) is 11.8 Å². The first-order chi connectivity index (χ1) is 12.1. The van der Waals surface area contributed by atoms with Gasteiger partial charge in [-0.25, -0.2) is 8.42 Å². The maximum atomic E-state index is 12.4. The Morgan fingerprint density at radius 2 is 1.62 bits per heavy atom. The van der Waals surface area contributed by atoms with E-state index in [0.29, 0.717) is 5.75 Å². The first-order valence-electron chi connectivity index (χ1n) is 8.42. The third-order valence-corrected chi connectivity index (χ3v) is 5.46. The Balaban J connectivity index is 2.00. The third-order valence-electron chi connectivity index (χ3n) is 4.33. The molecule has 0 aliphatic carbocycles. The molecular weight excluding hydrogens is 350 g/mol. The summed E-state index contributed by atoms with van der Waals surface area (Å²) in [7, 11) is -3.23. The summed E-state index contributed by atoms with van der Waals surface area (Å²) in [6, 6.07) is 12.0. The zero-order valence-corrected chi connectivity index (χ0v) is 16.6. The maximum absolute atomic E-state index is 12.4. The topological polar surface area (TPSA) is 72.5 Å². The number of carbonyl (C=O) groups is 1. The third kappa shape index (κ3) is 5.08. The second-order valence-corrected chi connectivity index (χ2v) is 8.59. The van der Waals surface area contributed by atoms with Crippen LogP contribution in [0.1, 0.15) is 36.6 Å². The average molecular weight is 375 g/mol. The van der Waals surface area contributed by atoms with Crippen molar-refractivity contribution in [2.24, 2.45) is 0 Å². The minimum atomic E-state index is -3.23. The van der Waals surface area contributed by atoms with E-state index in [9.17, 15) is 13.2 Å². The van der Waals surface area contributed by atoms with E-state index in [4.69, 9.17) is 4.74 Å². The molecule has 2 rings (SSSR count). The fourth-order valence-electron chi connectivity index (χ4n) is 2.46. The number of ether oxygens (including phenoxy) is 1. The van der Waals surface area contributed by atoms with E-state index < -0.39 is 15.9 Å². The van der Waals surface area contributed by atoms with Crippen molar-refractivity contribution in [1.82, 2.24) is 5.32 Å². The van der Waals surface area contributed by atoms with Gasteiger partial charge >= 0.3 is 0 Å². The normalized spacial score (nSPS) is 13.7. The highest BCUT2D eigenvalue weighted by Gasteiger charge is 2.18.